The number of anilines is 2. The van der Waals surface area contributed by atoms with E-state index in [-0.39, 0.29) is 11.8 Å². The van der Waals surface area contributed by atoms with Crippen LogP contribution in [-0.2, 0) is 4.79 Å². The normalized spacial score (nSPS) is 13.9. The van der Waals surface area contributed by atoms with Crippen molar-refractivity contribution in [3.05, 3.63) is 59.2 Å². The van der Waals surface area contributed by atoms with E-state index in [2.05, 4.69) is 15.8 Å². The fourth-order valence-corrected chi connectivity index (χ4v) is 2.45. The molecule has 122 valence electrons. The molecule has 1 heterocycles. The summed E-state index contributed by atoms with van der Waals surface area (Å²) >= 11 is 0. The van der Waals surface area contributed by atoms with Crippen LogP contribution in [0, 0.1) is 6.92 Å². The summed E-state index contributed by atoms with van der Waals surface area (Å²) in [5.41, 5.74) is 12.8. The van der Waals surface area contributed by atoms with Crippen LogP contribution in [0.15, 0.2) is 47.6 Å². The van der Waals surface area contributed by atoms with Crippen molar-refractivity contribution in [3.63, 3.8) is 0 Å². The van der Waals surface area contributed by atoms with E-state index < -0.39 is 0 Å². The van der Waals surface area contributed by atoms with Crippen molar-refractivity contribution < 1.29 is 9.59 Å². The average molecular weight is 322 g/mol. The van der Waals surface area contributed by atoms with Crippen molar-refractivity contribution in [2.75, 3.05) is 11.1 Å². The van der Waals surface area contributed by atoms with Gasteiger partial charge in [-0.3, -0.25) is 9.59 Å². The van der Waals surface area contributed by atoms with E-state index in [4.69, 9.17) is 5.73 Å². The number of carbonyl (C=O) groups is 2. The van der Waals surface area contributed by atoms with Crippen molar-refractivity contribution in [3.8, 4) is 0 Å². The molecule has 0 aliphatic carbocycles. The molecule has 0 unspecified atom stereocenters. The molecule has 1 aliphatic heterocycles. The van der Waals surface area contributed by atoms with Gasteiger partial charge in [0.1, 0.15) is 0 Å². The Morgan fingerprint density at radius 3 is 2.54 bits per heavy atom. The summed E-state index contributed by atoms with van der Waals surface area (Å²) in [5, 5.41) is 6.91. The molecule has 0 saturated heterocycles. The van der Waals surface area contributed by atoms with Crippen LogP contribution in [0.2, 0.25) is 0 Å². The van der Waals surface area contributed by atoms with Gasteiger partial charge < -0.3 is 11.1 Å². The number of rotatable bonds is 3. The van der Waals surface area contributed by atoms with Gasteiger partial charge >= 0.3 is 0 Å². The van der Waals surface area contributed by atoms with Crippen molar-refractivity contribution in [2.24, 2.45) is 5.10 Å². The van der Waals surface area contributed by atoms with Gasteiger partial charge in [-0.1, -0.05) is 12.1 Å². The van der Waals surface area contributed by atoms with Crippen LogP contribution in [0.1, 0.15) is 34.3 Å². The summed E-state index contributed by atoms with van der Waals surface area (Å²) < 4.78 is 0. The number of nitrogens with zero attached hydrogens (tertiary/aromatic N) is 1. The fourth-order valence-electron chi connectivity index (χ4n) is 2.45. The lowest BCUT2D eigenvalue weighted by atomic mass is 10.0. The van der Waals surface area contributed by atoms with E-state index in [1.54, 1.807) is 18.2 Å². The number of hydrogen-bond donors (Lipinski definition) is 3. The Balaban J connectivity index is 1.71. The van der Waals surface area contributed by atoms with Crippen molar-refractivity contribution in [1.82, 2.24) is 5.43 Å². The Bertz CT molecular complexity index is 825. The van der Waals surface area contributed by atoms with E-state index in [0.29, 0.717) is 29.8 Å². The van der Waals surface area contributed by atoms with Crippen LogP contribution in [0.3, 0.4) is 0 Å². The molecule has 6 nitrogen and oxygen atoms in total. The molecule has 24 heavy (non-hydrogen) atoms. The first kappa shape index (κ1) is 15.7. The van der Waals surface area contributed by atoms with E-state index >= 15 is 0 Å². The monoisotopic (exact) mass is 322 g/mol. The van der Waals surface area contributed by atoms with Gasteiger partial charge in [-0.2, -0.15) is 5.10 Å². The first-order chi connectivity index (χ1) is 11.5. The van der Waals surface area contributed by atoms with Gasteiger partial charge in [0.25, 0.3) is 5.91 Å². The number of carbonyl (C=O) groups excluding carboxylic acids is 2. The highest BCUT2D eigenvalue weighted by Crippen LogP contribution is 2.17. The van der Waals surface area contributed by atoms with Gasteiger partial charge in [-0.25, -0.2) is 5.43 Å². The van der Waals surface area contributed by atoms with Gasteiger partial charge in [-0.15, -0.1) is 0 Å². The molecule has 1 aliphatic rings. The quantitative estimate of drug-likeness (QED) is 0.757. The third-order valence-electron chi connectivity index (χ3n) is 3.91. The zero-order valence-corrected chi connectivity index (χ0v) is 13.3. The lowest BCUT2D eigenvalue weighted by Gasteiger charge is -2.13. The summed E-state index contributed by atoms with van der Waals surface area (Å²) in [6, 6.07) is 12.6. The number of aryl methyl sites for hydroxylation is 1. The van der Waals surface area contributed by atoms with Crippen LogP contribution < -0.4 is 16.5 Å². The number of nitrogens with two attached hydrogens (primary N) is 1. The molecule has 2 aromatic rings. The SMILES string of the molecule is Cc1cc(C(=O)Nc2ccc(C3=NNC(=O)CC3)cc2)ccc1N. The van der Waals surface area contributed by atoms with Gasteiger partial charge in [0, 0.05) is 29.8 Å². The minimum atomic E-state index is -0.187. The zero-order chi connectivity index (χ0) is 17.1. The molecule has 0 bridgehead atoms. The molecular weight excluding hydrogens is 304 g/mol. The molecule has 2 amide bonds. The molecule has 0 fully saturated rings. The highest BCUT2D eigenvalue weighted by Gasteiger charge is 2.13. The minimum absolute atomic E-state index is 0.0681. The second-order valence-corrected chi connectivity index (χ2v) is 5.70. The largest absolute Gasteiger partial charge is 0.399 e. The molecule has 0 atom stereocenters. The fraction of sp³-hybridized carbons (Fsp3) is 0.167. The maximum atomic E-state index is 12.3. The molecular formula is C18H18N4O2. The van der Waals surface area contributed by atoms with Crippen LogP contribution >= 0.6 is 0 Å². The first-order valence-corrected chi connectivity index (χ1v) is 7.66. The summed E-state index contributed by atoms with van der Waals surface area (Å²) in [4.78, 5) is 23.4. The number of nitrogens with one attached hydrogen (secondary N) is 2. The second-order valence-electron chi connectivity index (χ2n) is 5.70. The zero-order valence-electron chi connectivity index (χ0n) is 13.3. The number of nitrogen functional groups attached to an aromatic ring is 1. The van der Waals surface area contributed by atoms with Crippen molar-refractivity contribution in [1.29, 1.82) is 0 Å². The van der Waals surface area contributed by atoms with Gasteiger partial charge in [0.2, 0.25) is 5.91 Å². The number of hydrazone groups is 1. The second kappa shape index (κ2) is 6.54. The third-order valence-corrected chi connectivity index (χ3v) is 3.91. The Morgan fingerprint density at radius 2 is 1.92 bits per heavy atom. The number of amides is 2. The maximum Gasteiger partial charge on any atom is 0.255 e. The average Bonchev–Trinajstić information content (AvgIpc) is 2.59. The standard InChI is InChI=1S/C18H18N4O2/c1-11-10-13(4-7-15(11)19)18(24)20-14-5-2-12(3-6-14)16-8-9-17(23)22-21-16/h2-7,10H,8-9,19H2,1H3,(H,20,24)(H,22,23). The molecule has 3 rings (SSSR count). The Morgan fingerprint density at radius 1 is 1.17 bits per heavy atom. The minimum Gasteiger partial charge on any atom is -0.399 e. The molecule has 2 aromatic carbocycles. The van der Waals surface area contributed by atoms with Gasteiger partial charge in [0.05, 0.1) is 5.71 Å². The summed E-state index contributed by atoms with van der Waals surface area (Å²) in [7, 11) is 0. The van der Waals surface area contributed by atoms with E-state index in [1.165, 1.54) is 0 Å². The van der Waals surface area contributed by atoms with E-state index in [1.807, 2.05) is 31.2 Å². The molecule has 0 spiro atoms. The summed E-state index contributed by atoms with van der Waals surface area (Å²) in [6.07, 6.45) is 1.05. The van der Waals surface area contributed by atoms with Crippen LogP contribution in [0.5, 0.6) is 0 Å². The molecule has 0 aromatic heterocycles. The number of hydrogen-bond acceptors (Lipinski definition) is 4. The van der Waals surface area contributed by atoms with Crippen LogP contribution in [0.4, 0.5) is 11.4 Å². The Kier molecular flexibility index (Phi) is 4.29. The maximum absolute atomic E-state index is 12.3. The molecule has 4 N–H and O–H groups in total. The third kappa shape index (κ3) is 3.43. The van der Waals surface area contributed by atoms with Crippen molar-refractivity contribution in [2.45, 2.75) is 19.8 Å². The Labute approximate surface area is 139 Å². The van der Waals surface area contributed by atoms with E-state index in [9.17, 15) is 9.59 Å². The smallest absolute Gasteiger partial charge is 0.255 e. The van der Waals surface area contributed by atoms with Crippen LogP contribution in [0.25, 0.3) is 0 Å². The van der Waals surface area contributed by atoms with Gasteiger partial charge in [-0.05, 0) is 48.4 Å². The van der Waals surface area contributed by atoms with Gasteiger partial charge in [0.15, 0.2) is 0 Å². The first-order valence-electron chi connectivity index (χ1n) is 7.66. The molecule has 0 radical (unpaired) electrons. The highest BCUT2D eigenvalue weighted by molar-refractivity contribution is 6.06. The topological polar surface area (TPSA) is 96.6 Å². The summed E-state index contributed by atoms with van der Waals surface area (Å²) in [6.45, 7) is 1.87. The van der Waals surface area contributed by atoms with E-state index in [0.717, 1.165) is 16.8 Å². The highest BCUT2D eigenvalue weighted by atomic mass is 16.2. The number of benzene rings is 2. The van der Waals surface area contributed by atoms with Crippen molar-refractivity contribution >= 4 is 28.9 Å². The summed E-state index contributed by atoms with van der Waals surface area (Å²) in [5.74, 6) is -0.255. The Hall–Kier alpha value is -3.15. The predicted octanol–water partition coefficient (Wildman–Crippen LogP) is 2.44. The molecule has 6 heteroatoms. The molecule has 0 saturated carbocycles. The van der Waals surface area contributed by atoms with Crippen LogP contribution in [-0.4, -0.2) is 17.5 Å². The predicted molar refractivity (Wildman–Crippen MR) is 93.9 cm³/mol. The lowest BCUT2D eigenvalue weighted by molar-refractivity contribution is -0.121. The lowest BCUT2D eigenvalue weighted by Crippen LogP contribution is -2.25.